The molecule has 0 radical (unpaired) electrons. The summed E-state index contributed by atoms with van der Waals surface area (Å²) in [4.78, 5) is 0. The molecule has 2 unspecified atom stereocenters. The fourth-order valence-electron chi connectivity index (χ4n) is 1.67. The molecule has 1 aliphatic rings. The fraction of sp³-hybridized carbons (Fsp3) is 0.333. The van der Waals surface area contributed by atoms with Crippen molar-refractivity contribution >= 4 is 33.8 Å². The number of hydrogen-bond acceptors (Lipinski definition) is 2. The van der Waals surface area contributed by atoms with Crippen LogP contribution >= 0.6 is 33.8 Å². The first-order valence-corrected chi connectivity index (χ1v) is 8.11. The van der Waals surface area contributed by atoms with Gasteiger partial charge in [-0.3, -0.25) is 0 Å². The third-order valence-electron chi connectivity index (χ3n) is 2.39. The zero-order valence-corrected chi connectivity index (χ0v) is 11.2. The van der Waals surface area contributed by atoms with Crippen molar-refractivity contribution in [1.82, 2.24) is 4.31 Å². The van der Waals surface area contributed by atoms with E-state index in [9.17, 15) is 19.4 Å². The summed E-state index contributed by atoms with van der Waals surface area (Å²) in [6.45, 7) is -0.913. The number of benzene rings is 1. The number of thioether (sulfide) groups is 1. The molecule has 1 heterocycles. The van der Waals surface area contributed by atoms with Gasteiger partial charge in [-0.1, -0.05) is 49.8 Å². The molecule has 2 atom stereocenters. The van der Waals surface area contributed by atoms with Crippen LogP contribution in [0.3, 0.4) is 0 Å². The molecule has 0 N–H and O–H groups in total. The van der Waals surface area contributed by atoms with Crippen LogP contribution in [-0.2, 0) is 0 Å². The Morgan fingerprint density at radius 2 is 1.67 bits per heavy atom. The minimum Gasteiger partial charge on any atom is -0.149 e. The van der Waals surface area contributed by atoms with Crippen molar-refractivity contribution in [3.05, 3.63) is 35.9 Å². The molecule has 0 saturated carbocycles. The molecule has 1 aromatic carbocycles. The molecule has 1 nitrogen and oxygen atoms in total. The summed E-state index contributed by atoms with van der Waals surface area (Å²) in [5.41, 5.74) is 0.166. The van der Waals surface area contributed by atoms with Crippen LogP contribution in [0, 0.1) is 0 Å². The maximum Gasteiger partial charge on any atom is 0.346 e. The Hall–Kier alpha value is -0.180. The van der Waals surface area contributed by atoms with Gasteiger partial charge in [0.1, 0.15) is 5.37 Å². The van der Waals surface area contributed by atoms with Crippen molar-refractivity contribution in [3.63, 3.8) is 0 Å². The van der Waals surface area contributed by atoms with E-state index in [1.54, 1.807) is 6.07 Å². The van der Waals surface area contributed by atoms with Gasteiger partial charge in [0.15, 0.2) is 0 Å². The lowest BCUT2D eigenvalue weighted by Crippen LogP contribution is -2.34. The van der Waals surface area contributed by atoms with Crippen LogP contribution in [0.5, 0.6) is 0 Å². The summed E-state index contributed by atoms with van der Waals surface area (Å²) in [6, 6.07) is 7.36. The quantitative estimate of drug-likeness (QED) is 0.521. The van der Waals surface area contributed by atoms with Gasteiger partial charge in [-0.25, -0.2) is 0 Å². The van der Waals surface area contributed by atoms with Crippen LogP contribution in [0.1, 0.15) is 10.9 Å². The average molecular weight is 326 g/mol. The standard InChI is InChI=1S/C9H9ClF5NS2/c10-8-6-16(18(11,12,13,14)15)9(17-8)7-4-2-1-3-5-7/h1-5,8-9H,6H2. The molecule has 1 aliphatic heterocycles. The fourth-order valence-corrected chi connectivity index (χ4v) is 4.90. The Morgan fingerprint density at radius 1 is 1.11 bits per heavy atom. The van der Waals surface area contributed by atoms with Gasteiger partial charge in [-0.05, 0) is 5.56 Å². The Kier molecular flexibility index (Phi) is 2.91. The maximum absolute atomic E-state index is 12.9. The van der Waals surface area contributed by atoms with E-state index in [-0.39, 0.29) is 5.56 Å². The summed E-state index contributed by atoms with van der Waals surface area (Å²) in [5.74, 6) is 0. The van der Waals surface area contributed by atoms with Crippen molar-refractivity contribution in [3.8, 4) is 0 Å². The highest BCUT2D eigenvalue weighted by atomic mass is 35.5. The Bertz CT molecular complexity index is 450. The summed E-state index contributed by atoms with van der Waals surface area (Å²) in [5, 5.41) is -1.50. The molecule has 0 aromatic heterocycles. The van der Waals surface area contributed by atoms with Crippen molar-refractivity contribution in [1.29, 1.82) is 0 Å². The molecule has 1 saturated heterocycles. The zero-order valence-electron chi connectivity index (χ0n) is 8.78. The Labute approximate surface area is 110 Å². The molecule has 18 heavy (non-hydrogen) atoms. The second kappa shape index (κ2) is 3.68. The van der Waals surface area contributed by atoms with Crippen LogP contribution < -0.4 is 0 Å². The van der Waals surface area contributed by atoms with E-state index in [2.05, 4.69) is 0 Å². The SMILES string of the molecule is FS(F)(F)(F)(F)N1CC(Cl)SC1c1ccccc1. The lowest BCUT2D eigenvalue weighted by molar-refractivity contribution is 0.237. The number of halogens is 6. The monoisotopic (exact) mass is 325 g/mol. The van der Waals surface area contributed by atoms with Gasteiger partial charge in [0.25, 0.3) is 0 Å². The summed E-state index contributed by atoms with van der Waals surface area (Å²) in [7, 11) is -9.70. The van der Waals surface area contributed by atoms with E-state index >= 15 is 0 Å². The number of rotatable bonds is 2. The minimum atomic E-state index is -9.70. The lowest BCUT2D eigenvalue weighted by atomic mass is 10.2. The molecule has 0 aliphatic carbocycles. The molecule has 104 valence electrons. The van der Waals surface area contributed by atoms with E-state index in [0.717, 1.165) is 0 Å². The Morgan fingerprint density at radius 3 is 2.17 bits per heavy atom. The highest BCUT2D eigenvalue weighted by molar-refractivity contribution is 8.44. The van der Waals surface area contributed by atoms with Gasteiger partial charge in [0.2, 0.25) is 0 Å². The predicted octanol–water partition coefficient (Wildman–Crippen LogP) is 5.51. The Balaban J connectivity index is 2.43. The van der Waals surface area contributed by atoms with Crippen molar-refractivity contribution in [2.75, 3.05) is 6.54 Å². The van der Waals surface area contributed by atoms with E-state index in [1.807, 2.05) is 0 Å². The van der Waals surface area contributed by atoms with Gasteiger partial charge in [0.05, 0.1) is 4.71 Å². The van der Waals surface area contributed by atoms with Crippen LogP contribution in [0.25, 0.3) is 0 Å². The van der Waals surface area contributed by atoms with E-state index < -0.39 is 31.3 Å². The molecule has 2 rings (SSSR count). The first-order chi connectivity index (χ1) is 7.97. The van der Waals surface area contributed by atoms with Crippen LogP contribution in [0.15, 0.2) is 30.3 Å². The van der Waals surface area contributed by atoms with Crippen LogP contribution in [-0.4, -0.2) is 15.6 Å². The first-order valence-electron chi connectivity index (χ1n) is 4.83. The second-order valence-electron chi connectivity index (χ2n) is 3.84. The van der Waals surface area contributed by atoms with Gasteiger partial charge in [0, 0.05) is 6.54 Å². The van der Waals surface area contributed by atoms with E-state index in [0.29, 0.717) is 11.8 Å². The molecular formula is C9H9ClF5NS2. The molecular weight excluding hydrogens is 317 g/mol. The van der Waals surface area contributed by atoms with Gasteiger partial charge >= 0.3 is 10.4 Å². The number of alkyl halides is 1. The first kappa shape index (κ1) is 14.2. The highest BCUT2D eigenvalue weighted by Crippen LogP contribution is 3.01. The van der Waals surface area contributed by atoms with E-state index in [1.165, 1.54) is 24.3 Å². The minimum absolute atomic E-state index is 0.166. The number of hydrogen-bond donors (Lipinski definition) is 0. The summed E-state index contributed by atoms with van der Waals surface area (Å²) < 4.78 is 62.7. The smallest absolute Gasteiger partial charge is 0.149 e. The lowest BCUT2D eigenvalue weighted by Gasteiger charge is -2.49. The van der Waals surface area contributed by atoms with Crippen LogP contribution in [0.4, 0.5) is 19.4 Å². The molecule has 1 aromatic rings. The molecule has 1 fully saturated rings. The van der Waals surface area contributed by atoms with Crippen molar-refractivity contribution in [2.45, 2.75) is 10.1 Å². The second-order valence-corrected chi connectivity index (χ2v) is 8.24. The molecule has 0 bridgehead atoms. The van der Waals surface area contributed by atoms with Gasteiger partial charge < -0.3 is 0 Å². The van der Waals surface area contributed by atoms with Crippen LogP contribution in [0.2, 0.25) is 0 Å². The maximum atomic E-state index is 12.9. The number of nitrogens with zero attached hydrogens (tertiary/aromatic N) is 1. The average Bonchev–Trinajstić information content (AvgIpc) is 2.60. The van der Waals surface area contributed by atoms with Crippen molar-refractivity contribution < 1.29 is 19.4 Å². The summed E-state index contributed by atoms with van der Waals surface area (Å²) in [6.07, 6.45) is 0. The van der Waals surface area contributed by atoms with E-state index in [4.69, 9.17) is 11.6 Å². The topological polar surface area (TPSA) is 3.24 Å². The largest absolute Gasteiger partial charge is 0.346 e. The normalized spacial score (nSPS) is 29.9. The third kappa shape index (κ3) is 3.04. The van der Waals surface area contributed by atoms with Gasteiger partial charge in [-0.15, -0.1) is 27.7 Å². The predicted molar refractivity (Wildman–Crippen MR) is 66.3 cm³/mol. The van der Waals surface area contributed by atoms with Gasteiger partial charge in [-0.2, -0.15) is 0 Å². The zero-order chi connectivity index (χ0) is 13.7. The third-order valence-corrected chi connectivity index (χ3v) is 5.44. The summed E-state index contributed by atoms with van der Waals surface area (Å²) >= 11 is 6.26. The van der Waals surface area contributed by atoms with Crippen molar-refractivity contribution in [2.24, 2.45) is 0 Å². The molecule has 0 spiro atoms. The highest BCUT2D eigenvalue weighted by Gasteiger charge is 2.72. The molecule has 0 amide bonds. The molecule has 9 heteroatoms.